The Morgan fingerprint density at radius 3 is 1.98 bits per heavy atom. The molecule has 0 radical (unpaired) electrons. The Morgan fingerprint density at radius 1 is 0.600 bits per heavy atom. The number of carbonyl (C=O) groups is 1. The molecular formula is C44H43N3O2Zn+2. The molecule has 5 aromatic carbocycles. The van der Waals surface area contributed by atoms with Gasteiger partial charge in [0.15, 0.2) is 0 Å². The number of nitrogens with zero attached hydrogens (tertiary/aromatic N) is 3. The van der Waals surface area contributed by atoms with Crippen LogP contribution >= 0.6 is 0 Å². The van der Waals surface area contributed by atoms with Crippen LogP contribution in [-0.2, 0) is 50.3 Å². The first-order chi connectivity index (χ1) is 24.2. The summed E-state index contributed by atoms with van der Waals surface area (Å²) in [5.74, 6) is 1.25. The third-order valence-corrected chi connectivity index (χ3v) is 9.42. The monoisotopic (exact) mass is 709 g/mol. The van der Waals surface area contributed by atoms with Crippen molar-refractivity contribution in [2.45, 2.75) is 64.6 Å². The van der Waals surface area contributed by atoms with Crippen LogP contribution in [0.1, 0.15) is 61.0 Å². The summed E-state index contributed by atoms with van der Waals surface area (Å²) in [6.45, 7) is 2.89. The van der Waals surface area contributed by atoms with Gasteiger partial charge in [-0.05, 0) is 112 Å². The molecular weight excluding hydrogens is 668 g/mol. The summed E-state index contributed by atoms with van der Waals surface area (Å²) in [4.78, 5) is 24.2. The van der Waals surface area contributed by atoms with Gasteiger partial charge in [-0.15, -0.1) is 0 Å². The van der Waals surface area contributed by atoms with Crippen molar-refractivity contribution >= 4 is 38.1 Å². The van der Waals surface area contributed by atoms with Gasteiger partial charge in [-0.3, -0.25) is 19.7 Å². The zero-order chi connectivity index (χ0) is 33.3. The van der Waals surface area contributed by atoms with Gasteiger partial charge in [0.1, 0.15) is 11.5 Å². The standard InChI is InChI=1S/C44H43N3O2.Zn/c48-40(18-10-12-34-20-21-37-23-22-35-13-9-14-36-24-25-42(34)44(37)43(35)36)17-2-1-7-28-49-41-19-8-11-33(29-41)30-47(31-38-15-3-5-26-45-38)32-39-16-4-6-27-46-39;/h3-6,8-9,11,13-16,19-27,29H,1-2,7,10,12,17-18,28,30-32H2;/q;+2. The van der Waals surface area contributed by atoms with E-state index in [0.717, 1.165) is 68.9 Å². The summed E-state index contributed by atoms with van der Waals surface area (Å²) >= 11 is 0. The van der Waals surface area contributed by atoms with E-state index in [2.05, 4.69) is 99.8 Å². The van der Waals surface area contributed by atoms with Crippen molar-refractivity contribution in [2.75, 3.05) is 6.61 Å². The first-order valence-electron chi connectivity index (χ1n) is 17.6. The number of hydrogen-bond acceptors (Lipinski definition) is 5. The number of ether oxygens (including phenoxy) is 1. The first kappa shape index (κ1) is 35.3. The molecule has 0 amide bonds. The smallest absolute Gasteiger partial charge is 0.494 e. The largest absolute Gasteiger partial charge is 2.00 e. The number of hydrogen-bond donors (Lipinski definition) is 0. The number of pyridine rings is 2. The van der Waals surface area contributed by atoms with Crippen molar-refractivity contribution in [3.05, 3.63) is 150 Å². The maximum absolute atomic E-state index is 12.7. The van der Waals surface area contributed by atoms with Crippen molar-refractivity contribution < 1.29 is 29.0 Å². The average molecular weight is 711 g/mol. The molecule has 246 valence electrons. The summed E-state index contributed by atoms with van der Waals surface area (Å²) in [6.07, 6.45) is 9.63. The van der Waals surface area contributed by atoms with Crippen molar-refractivity contribution in [3.63, 3.8) is 0 Å². The van der Waals surface area contributed by atoms with Crippen LogP contribution < -0.4 is 4.74 Å². The first-order valence-corrected chi connectivity index (χ1v) is 17.6. The van der Waals surface area contributed by atoms with Crippen LogP contribution in [0.4, 0.5) is 0 Å². The second-order valence-corrected chi connectivity index (χ2v) is 13.1. The number of unbranched alkanes of at least 4 members (excludes halogenated alkanes) is 2. The van der Waals surface area contributed by atoms with Crippen molar-refractivity contribution in [3.8, 4) is 5.75 Å². The van der Waals surface area contributed by atoms with Gasteiger partial charge >= 0.3 is 19.5 Å². The SMILES string of the molecule is O=C(CCCCCOc1cccc(CN(Cc2ccccn2)Cc2ccccn2)c1)CCCc1ccc2ccc3cccc4ccc1c2c34.[Zn+2]. The Hall–Kier alpha value is -4.51. The van der Waals surface area contributed by atoms with Gasteiger partial charge in [0.25, 0.3) is 0 Å². The Morgan fingerprint density at radius 2 is 1.26 bits per heavy atom. The quantitative estimate of drug-likeness (QED) is 0.0535. The summed E-state index contributed by atoms with van der Waals surface area (Å²) in [6, 6.07) is 40.4. The van der Waals surface area contributed by atoms with Gasteiger partial charge in [-0.2, -0.15) is 0 Å². The molecule has 0 fully saturated rings. The van der Waals surface area contributed by atoms with E-state index in [-0.39, 0.29) is 19.5 Å². The third kappa shape index (κ3) is 8.98. The third-order valence-electron chi connectivity index (χ3n) is 9.42. The van der Waals surface area contributed by atoms with E-state index in [1.54, 1.807) is 0 Å². The van der Waals surface area contributed by atoms with E-state index < -0.39 is 0 Å². The van der Waals surface area contributed by atoms with Gasteiger partial charge < -0.3 is 4.74 Å². The van der Waals surface area contributed by atoms with E-state index >= 15 is 0 Å². The maximum atomic E-state index is 12.7. The predicted octanol–water partition coefficient (Wildman–Crippen LogP) is 10.1. The Kier molecular flexibility index (Phi) is 12.3. The minimum Gasteiger partial charge on any atom is -0.494 e. The molecule has 2 aromatic heterocycles. The van der Waals surface area contributed by atoms with E-state index in [9.17, 15) is 4.79 Å². The fraction of sp³-hybridized carbons (Fsp3) is 0.250. The van der Waals surface area contributed by atoms with E-state index in [4.69, 9.17) is 4.74 Å². The maximum Gasteiger partial charge on any atom is 2.00 e. The number of carbonyl (C=O) groups excluding carboxylic acids is 1. The number of benzene rings is 5. The zero-order valence-electron chi connectivity index (χ0n) is 28.8. The number of rotatable bonds is 17. The minimum absolute atomic E-state index is 0. The number of Topliss-reactive ketones (excluding diaryl/α,β-unsaturated/α-hetero) is 1. The molecule has 0 unspecified atom stereocenters. The van der Waals surface area contributed by atoms with Crippen LogP contribution in [-0.4, -0.2) is 27.3 Å². The molecule has 7 aromatic rings. The summed E-state index contributed by atoms with van der Waals surface area (Å²) in [7, 11) is 0. The van der Waals surface area contributed by atoms with Crippen LogP contribution in [0, 0.1) is 0 Å². The van der Waals surface area contributed by atoms with Crippen molar-refractivity contribution in [1.29, 1.82) is 0 Å². The van der Waals surface area contributed by atoms with Gasteiger partial charge in [-0.25, -0.2) is 0 Å². The van der Waals surface area contributed by atoms with E-state index in [0.29, 0.717) is 25.2 Å². The molecule has 0 saturated heterocycles. The molecule has 0 atom stereocenters. The Labute approximate surface area is 307 Å². The summed E-state index contributed by atoms with van der Waals surface area (Å²) in [5, 5.41) is 7.90. The molecule has 0 saturated carbocycles. The number of ketones is 1. The molecule has 6 heteroatoms. The van der Waals surface area contributed by atoms with Crippen LogP contribution in [0.5, 0.6) is 5.75 Å². The van der Waals surface area contributed by atoms with E-state index in [1.165, 1.54) is 43.4 Å². The molecule has 0 bridgehead atoms. The molecule has 5 nitrogen and oxygen atoms in total. The normalized spacial score (nSPS) is 11.4. The van der Waals surface area contributed by atoms with Crippen molar-refractivity contribution in [1.82, 2.24) is 14.9 Å². The number of aryl methyl sites for hydroxylation is 1. The second kappa shape index (κ2) is 17.4. The Balaban J connectivity index is 0.00000432. The molecule has 0 aliphatic rings. The molecule has 2 heterocycles. The molecule has 0 aliphatic carbocycles. The molecule has 0 aliphatic heterocycles. The predicted molar refractivity (Wildman–Crippen MR) is 200 cm³/mol. The van der Waals surface area contributed by atoms with Crippen LogP contribution in [0.2, 0.25) is 0 Å². The average Bonchev–Trinajstić information content (AvgIpc) is 3.13. The zero-order valence-corrected chi connectivity index (χ0v) is 31.7. The fourth-order valence-electron chi connectivity index (χ4n) is 7.01. The molecule has 7 rings (SSSR count). The van der Waals surface area contributed by atoms with Gasteiger partial charge in [0, 0.05) is 44.9 Å². The van der Waals surface area contributed by atoms with Gasteiger partial charge in [0.2, 0.25) is 0 Å². The second-order valence-electron chi connectivity index (χ2n) is 13.1. The van der Waals surface area contributed by atoms with Crippen molar-refractivity contribution in [2.24, 2.45) is 0 Å². The van der Waals surface area contributed by atoms with Gasteiger partial charge in [-0.1, -0.05) is 78.9 Å². The molecule has 0 spiro atoms. The van der Waals surface area contributed by atoms with Crippen LogP contribution in [0.15, 0.2) is 128 Å². The molecule has 50 heavy (non-hydrogen) atoms. The Bertz CT molecular complexity index is 2060. The summed E-state index contributed by atoms with van der Waals surface area (Å²) in [5.41, 5.74) is 4.60. The number of aromatic nitrogens is 2. The molecule has 0 N–H and O–H groups in total. The fourth-order valence-corrected chi connectivity index (χ4v) is 7.01. The van der Waals surface area contributed by atoms with Crippen LogP contribution in [0.3, 0.4) is 0 Å². The van der Waals surface area contributed by atoms with E-state index in [1.807, 2.05) is 42.7 Å². The summed E-state index contributed by atoms with van der Waals surface area (Å²) < 4.78 is 6.14. The topological polar surface area (TPSA) is 55.3 Å². The van der Waals surface area contributed by atoms with Gasteiger partial charge in [0.05, 0.1) is 18.0 Å². The minimum atomic E-state index is 0. The van der Waals surface area contributed by atoms with Crippen LogP contribution in [0.25, 0.3) is 32.3 Å².